The normalized spacial score (nSPS) is 15.0. The van der Waals surface area contributed by atoms with Crippen molar-refractivity contribution in [2.75, 3.05) is 66.6 Å². The van der Waals surface area contributed by atoms with Gasteiger partial charge in [-0.2, -0.15) is 0 Å². The van der Waals surface area contributed by atoms with E-state index >= 15 is 0 Å². The van der Waals surface area contributed by atoms with Gasteiger partial charge in [-0.25, -0.2) is 4.79 Å². The number of urea groups is 1. The van der Waals surface area contributed by atoms with Crippen LogP contribution in [-0.4, -0.2) is 98.2 Å². The lowest BCUT2D eigenvalue weighted by atomic mass is 10.2. The molecule has 0 unspecified atom stereocenters. The van der Waals surface area contributed by atoms with E-state index in [2.05, 4.69) is 20.6 Å². The highest BCUT2D eigenvalue weighted by atomic mass is 16.5. The summed E-state index contributed by atoms with van der Waals surface area (Å²) in [6, 6.07) is -0.195. The van der Waals surface area contributed by atoms with Crippen molar-refractivity contribution in [3.05, 3.63) is 11.8 Å². The second-order valence-corrected chi connectivity index (χ2v) is 6.04. The molecule has 2 N–H and O–H groups in total. The van der Waals surface area contributed by atoms with E-state index in [0.717, 1.165) is 19.6 Å². The molecule has 1 aromatic rings. The Kier molecular flexibility index (Phi) is 7.67. The minimum Gasteiger partial charge on any atom is -0.479 e. The number of hydrogen-bond donors (Lipinski definition) is 2. The predicted molar refractivity (Wildman–Crippen MR) is 95.4 cm³/mol. The van der Waals surface area contributed by atoms with Crippen molar-refractivity contribution in [3.63, 3.8) is 0 Å². The number of aryl methyl sites for hydroxylation is 1. The molecule has 1 fully saturated rings. The molecular formula is C16H28N6O4. The van der Waals surface area contributed by atoms with Gasteiger partial charge in [-0.1, -0.05) is 0 Å². The van der Waals surface area contributed by atoms with Crippen molar-refractivity contribution in [1.82, 2.24) is 30.2 Å². The van der Waals surface area contributed by atoms with Crippen LogP contribution in [0.5, 0.6) is 5.88 Å². The summed E-state index contributed by atoms with van der Waals surface area (Å²) in [6.07, 6.45) is 1.68. The Bertz CT molecular complexity index is 598. The van der Waals surface area contributed by atoms with Crippen molar-refractivity contribution < 1.29 is 19.1 Å². The lowest BCUT2D eigenvalue weighted by Gasteiger charge is -2.34. The Morgan fingerprint density at radius 3 is 2.50 bits per heavy atom. The van der Waals surface area contributed by atoms with Crippen molar-refractivity contribution in [2.24, 2.45) is 7.05 Å². The van der Waals surface area contributed by atoms with E-state index in [1.54, 1.807) is 29.9 Å². The molecule has 3 amide bonds. The van der Waals surface area contributed by atoms with Crippen molar-refractivity contribution in [1.29, 1.82) is 0 Å². The third kappa shape index (κ3) is 5.60. The molecule has 2 rings (SSSR count). The van der Waals surface area contributed by atoms with Gasteiger partial charge < -0.3 is 25.0 Å². The van der Waals surface area contributed by atoms with Crippen molar-refractivity contribution >= 4 is 11.9 Å². The predicted octanol–water partition coefficient (Wildman–Crippen LogP) is -0.868. The summed E-state index contributed by atoms with van der Waals surface area (Å²) in [5.74, 6) is 0.286. The first-order valence-corrected chi connectivity index (χ1v) is 8.65. The SMILES string of the molecule is COCCNC(=O)NCCN1CCN(C(=O)c2cn(C)nc2OC)CC1. The minimum absolute atomic E-state index is 0.0646. The molecule has 2 heterocycles. The number of carbonyl (C=O) groups is 2. The molecule has 0 spiro atoms. The van der Waals surface area contributed by atoms with Gasteiger partial charge in [0.05, 0.1) is 13.7 Å². The smallest absolute Gasteiger partial charge is 0.314 e. The van der Waals surface area contributed by atoms with E-state index in [1.165, 1.54) is 7.11 Å². The molecule has 0 saturated carbocycles. The number of amides is 3. The molecule has 0 aromatic carbocycles. The molecule has 146 valence electrons. The molecule has 0 atom stereocenters. The molecule has 1 saturated heterocycles. The Balaban J connectivity index is 1.70. The van der Waals surface area contributed by atoms with Gasteiger partial charge in [0.25, 0.3) is 5.91 Å². The number of carbonyl (C=O) groups excluding carboxylic acids is 2. The molecular weight excluding hydrogens is 340 g/mol. The highest BCUT2D eigenvalue weighted by molar-refractivity contribution is 5.96. The summed E-state index contributed by atoms with van der Waals surface area (Å²) in [5.41, 5.74) is 0.484. The summed E-state index contributed by atoms with van der Waals surface area (Å²) in [7, 11) is 4.86. The second-order valence-electron chi connectivity index (χ2n) is 6.04. The van der Waals surface area contributed by atoms with Crippen LogP contribution in [-0.2, 0) is 11.8 Å². The number of piperazine rings is 1. The lowest BCUT2D eigenvalue weighted by Crippen LogP contribution is -2.50. The maximum Gasteiger partial charge on any atom is 0.314 e. The number of rotatable bonds is 8. The van der Waals surface area contributed by atoms with E-state index in [-0.39, 0.29) is 11.9 Å². The summed E-state index contributed by atoms with van der Waals surface area (Å²) >= 11 is 0. The van der Waals surface area contributed by atoms with E-state index < -0.39 is 0 Å². The van der Waals surface area contributed by atoms with Crippen molar-refractivity contribution in [2.45, 2.75) is 0 Å². The van der Waals surface area contributed by atoms with Crippen LogP contribution >= 0.6 is 0 Å². The van der Waals surface area contributed by atoms with Crippen LogP contribution < -0.4 is 15.4 Å². The molecule has 1 aromatic heterocycles. The zero-order valence-electron chi connectivity index (χ0n) is 15.7. The van der Waals surface area contributed by atoms with Gasteiger partial charge in [0.15, 0.2) is 0 Å². The quantitative estimate of drug-likeness (QED) is 0.579. The number of aromatic nitrogens is 2. The molecule has 26 heavy (non-hydrogen) atoms. The Morgan fingerprint density at radius 1 is 1.15 bits per heavy atom. The first kappa shape index (κ1) is 20.0. The maximum atomic E-state index is 12.6. The molecule has 0 bridgehead atoms. The fourth-order valence-corrected chi connectivity index (χ4v) is 2.77. The Labute approximate surface area is 153 Å². The van der Waals surface area contributed by atoms with Crippen LogP contribution in [0.4, 0.5) is 4.79 Å². The Hall–Kier alpha value is -2.33. The van der Waals surface area contributed by atoms with E-state index in [1.807, 2.05) is 0 Å². The third-order valence-electron chi connectivity index (χ3n) is 4.18. The number of nitrogens with zero attached hydrogens (tertiary/aromatic N) is 4. The molecule has 10 nitrogen and oxygen atoms in total. The fourth-order valence-electron chi connectivity index (χ4n) is 2.77. The highest BCUT2D eigenvalue weighted by Gasteiger charge is 2.25. The number of methoxy groups -OCH3 is 2. The Morgan fingerprint density at radius 2 is 1.85 bits per heavy atom. The second kappa shape index (κ2) is 9.97. The zero-order valence-corrected chi connectivity index (χ0v) is 15.7. The average molecular weight is 368 g/mol. The van der Waals surface area contributed by atoms with Crippen LogP contribution in [0, 0.1) is 0 Å². The summed E-state index contributed by atoms with van der Waals surface area (Å²) in [6.45, 7) is 5.08. The monoisotopic (exact) mass is 368 g/mol. The standard InChI is InChI=1S/C16H28N6O4/c1-20-12-13(14(19-20)26-3)15(23)22-9-7-21(8-10-22)6-4-17-16(24)18-5-11-25-2/h12H,4-11H2,1-3H3,(H2,17,18,24). The number of nitrogens with one attached hydrogen (secondary N) is 2. The van der Waals surface area contributed by atoms with Crippen LogP contribution in [0.1, 0.15) is 10.4 Å². The van der Waals surface area contributed by atoms with Crippen LogP contribution in [0.2, 0.25) is 0 Å². The molecule has 0 aliphatic carbocycles. The number of hydrogen-bond acceptors (Lipinski definition) is 6. The van der Waals surface area contributed by atoms with E-state index in [0.29, 0.717) is 44.2 Å². The lowest BCUT2D eigenvalue weighted by molar-refractivity contribution is 0.0636. The van der Waals surface area contributed by atoms with Crippen LogP contribution in [0.25, 0.3) is 0 Å². The van der Waals surface area contributed by atoms with E-state index in [9.17, 15) is 9.59 Å². The highest BCUT2D eigenvalue weighted by Crippen LogP contribution is 2.18. The molecule has 0 radical (unpaired) electrons. The van der Waals surface area contributed by atoms with Gasteiger partial charge in [-0.3, -0.25) is 14.4 Å². The van der Waals surface area contributed by atoms with E-state index in [4.69, 9.17) is 9.47 Å². The summed E-state index contributed by atoms with van der Waals surface area (Å²) < 4.78 is 11.6. The van der Waals surface area contributed by atoms with Gasteiger partial charge >= 0.3 is 6.03 Å². The van der Waals surface area contributed by atoms with Crippen LogP contribution in [0.15, 0.2) is 6.20 Å². The van der Waals surface area contributed by atoms with Gasteiger partial charge in [-0.15, -0.1) is 5.10 Å². The third-order valence-corrected chi connectivity index (χ3v) is 4.18. The largest absolute Gasteiger partial charge is 0.479 e. The summed E-state index contributed by atoms with van der Waals surface area (Å²) in [4.78, 5) is 28.2. The first-order chi connectivity index (χ1) is 12.5. The molecule has 1 aliphatic heterocycles. The maximum absolute atomic E-state index is 12.6. The van der Waals surface area contributed by atoms with Crippen molar-refractivity contribution in [3.8, 4) is 5.88 Å². The summed E-state index contributed by atoms with van der Waals surface area (Å²) in [5, 5.41) is 9.65. The first-order valence-electron chi connectivity index (χ1n) is 8.65. The fraction of sp³-hybridized carbons (Fsp3) is 0.688. The average Bonchev–Trinajstić information content (AvgIpc) is 3.03. The topological polar surface area (TPSA) is 101 Å². The van der Waals surface area contributed by atoms with Gasteiger partial charge in [0.1, 0.15) is 5.56 Å². The minimum atomic E-state index is -0.195. The van der Waals surface area contributed by atoms with Gasteiger partial charge in [0.2, 0.25) is 5.88 Å². The number of ether oxygens (including phenoxy) is 2. The van der Waals surface area contributed by atoms with Gasteiger partial charge in [-0.05, 0) is 0 Å². The molecule has 10 heteroatoms. The zero-order chi connectivity index (χ0) is 18.9. The molecule has 1 aliphatic rings. The van der Waals surface area contributed by atoms with Crippen LogP contribution in [0.3, 0.4) is 0 Å². The van der Waals surface area contributed by atoms with Gasteiger partial charge in [0, 0.05) is 66.2 Å².